The third-order valence-corrected chi connectivity index (χ3v) is 3.33. The van der Waals surface area contributed by atoms with Gasteiger partial charge >= 0.3 is 0 Å². The van der Waals surface area contributed by atoms with Gasteiger partial charge < -0.3 is 14.0 Å². The second-order valence-corrected chi connectivity index (χ2v) is 4.57. The minimum Gasteiger partial charge on any atom is -0.377 e. The molecule has 0 aliphatic heterocycles. The fourth-order valence-electron chi connectivity index (χ4n) is 2.36. The van der Waals surface area contributed by atoms with Crippen molar-refractivity contribution in [2.75, 3.05) is 20.8 Å². The van der Waals surface area contributed by atoms with Crippen molar-refractivity contribution >= 4 is 5.78 Å². The minimum absolute atomic E-state index is 0.0626. The molecule has 0 aromatic carbocycles. The Morgan fingerprint density at radius 3 is 2.72 bits per heavy atom. The normalized spacial score (nSPS) is 18.1. The van der Waals surface area contributed by atoms with Crippen LogP contribution in [0.15, 0.2) is 4.52 Å². The van der Waals surface area contributed by atoms with Crippen molar-refractivity contribution in [1.29, 1.82) is 0 Å². The molecule has 0 bridgehead atoms. The average molecular weight is 254 g/mol. The quantitative estimate of drug-likeness (QED) is 0.760. The lowest BCUT2D eigenvalue weighted by Crippen LogP contribution is -2.26. The maximum absolute atomic E-state index is 11.4. The first-order valence-corrected chi connectivity index (χ1v) is 6.09. The van der Waals surface area contributed by atoms with Gasteiger partial charge in [-0.3, -0.25) is 4.79 Å². The number of ketones is 1. The van der Waals surface area contributed by atoms with Crippen LogP contribution >= 0.6 is 0 Å². The molecule has 1 aromatic heterocycles. The predicted molar refractivity (Wildman–Crippen MR) is 62.0 cm³/mol. The number of hydrogen-bond acceptors (Lipinski definition) is 6. The van der Waals surface area contributed by atoms with E-state index in [0.717, 1.165) is 25.7 Å². The number of ether oxygens (including phenoxy) is 2. The highest BCUT2D eigenvalue weighted by Gasteiger charge is 2.40. The van der Waals surface area contributed by atoms with Crippen LogP contribution in [0, 0.1) is 0 Å². The van der Waals surface area contributed by atoms with E-state index in [1.165, 1.54) is 7.11 Å². The van der Waals surface area contributed by atoms with Crippen LogP contribution in [-0.2, 0) is 26.3 Å². The number of carbonyl (C=O) groups excluding carboxylic acids is 1. The lowest BCUT2D eigenvalue weighted by Gasteiger charge is -2.22. The Balaban J connectivity index is 2.07. The summed E-state index contributed by atoms with van der Waals surface area (Å²) in [7, 11) is 3.15. The van der Waals surface area contributed by atoms with Crippen LogP contribution in [0.4, 0.5) is 0 Å². The molecule has 1 fully saturated rings. The number of aromatic nitrogens is 2. The van der Waals surface area contributed by atoms with Gasteiger partial charge in [0.05, 0.1) is 6.42 Å². The third-order valence-electron chi connectivity index (χ3n) is 3.33. The topological polar surface area (TPSA) is 74.5 Å². The van der Waals surface area contributed by atoms with Crippen molar-refractivity contribution in [2.45, 2.75) is 37.7 Å². The first-order chi connectivity index (χ1) is 8.70. The Labute approximate surface area is 106 Å². The molecule has 2 rings (SSSR count). The molecule has 1 aromatic rings. The highest BCUT2D eigenvalue weighted by atomic mass is 16.5. The van der Waals surface area contributed by atoms with Crippen molar-refractivity contribution < 1.29 is 18.8 Å². The van der Waals surface area contributed by atoms with Crippen LogP contribution in [0.5, 0.6) is 0 Å². The van der Waals surface area contributed by atoms with Gasteiger partial charge in [-0.1, -0.05) is 5.16 Å². The molecule has 0 saturated heterocycles. The van der Waals surface area contributed by atoms with Gasteiger partial charge in [0, 0.05) is 14.2 Å². The van der Waals surface area contributed by atoms with E-state index in [0.29, 0.717) is 11.7 Å². The van der Waals surface area contributed by atoms with E-state index in [9.17, 15) is 4.79 Å². The third kappa shape index (κ3) is 2.59. The smallest absolute Gasteiger partial charge is 0.234 e. The molecule has 1 aliphatic carbocycles. The van der Waals surface area contributed by atoms with Crippen LogP contribution in [0.25, 0.3) is 0 Å². The summed E-state index contributed by atoms with van der Waals surface area (Å²) < 4.78 is 15.4. The number of rotatable bonds is 6. The van der Waals surface area contributed by atoms with E-state index in [4.69, 9.17) is 14.0 Å². The van der Waals surface area contributed by atoms with Gasteiger partial charge in [0.15, 0.2) is 5.78 Å². The van der Waals surface area contributed by atoms with Gasteiger partial charge in [-0.05, 0) is 25.7 Å². The highest BCUT2D eigenvalue weighted by Crippen LogP contribution is 2.40. The van der Waals surface area contributed by atoms with Crippen molar-refractivity contribution in [3.8, 4) is 0 Å². The maximum atomic E-state index is 11.4. The SMILES string of the molecule is COCC(=O)Cc1nc(C2(OC)CCCC2)no1. The molecule has 0 atom stereocenters. The number of carbonyl (C=O) groups is 1. The zero-order chi connectivity index (χ0) is 13.0. The summed E-state index contributed by atoms with van der Waals surface area (Å²) in [4.78, 5) is 15.7. The van der Waals surface area contributed by atoms with Gasteiger partial charge in [0.2, 0.25) is 11.7 Å². The first kappa shape index (κ1) is 13.2. The number of hydrogen-bond donors (Lipinski definition) is 0. The second-order valence-electron chi connectivity index (χ2n) is 4.57. The van der Waals surface area contributed by atoms with Crippen LogP contribution in [0.3, 0.4) is 0 Å². The Hall–Kier alpha value is -1.27. The molecular weight excluding hydrogens is 236 g/mol. The lowest BCUT2D eigenvalue weighted by atomic mass is 10.0. The van der Waals surface area contributed by atoms with Crippen molar-refractivity contribution in [1.82, 2.24) is 10.1 Å². The second kappa shape index (κ2) is 5.58. The molecule has 0 amide bonds. The Morgan fingerprint density at radius 2 is 2.11 bits per heavy atom. The fraction of sp³-hybridized carbons (Fsp3) is 0.750. The summed E-state index contributed by atoms with van der Waals surface area (Å²) in [6.07, 6.45) is 4.10. The van der Waals surface area contributed by atoms with Crippen molar-refractivity contribution in [3.63, 3.8) is 0 Å². The van der Waals surface area contributed by atoms with E-state index in [1.54, 1.807) is 7.11 Å². The standard InChI is InChI=1S/C12H18N2O4/c1-16-8-9(15)7-10-13-11(14-18-10)12(17-2)5-3-4-6-12/h3-8H2,1-2H3. The molecule has 6 nitrogen and oxygen atoms in total. The molecule has 100 valence electrons. The molecule has 0 N–H and O–H groups in total. The van der Waals surface area contributed by atoms with E-state index in [2.05, 4.69) is 10.1 Å². The van der Waals surface area contributed by atoms with Gasteiger partial charge in [-0.2, -0.15) is 4.98 Å². The largest absolute Gasteiger partial charge is 0.377 e. The molecule has 0 unspecified atom stereocenters. The first-order valence-electron chi connectivity index (χ1n) is 6.09. The van der Waals surface area contributed by atoms with E-state index >= 15 is 0 Å². The number of nitrogens with zero attached hydrogens (tertiary/aromatic N) is 2. The molecule has 1 heterocycles. The Bertz CT molecular complexity index is 410. The monoisotopic (exact) mass is 254 g/mol. The molecular formula is C12H18N2O4. The van der Waals surface area contributed by atoms with Crippen LogP contribution < -0.4 is 0 Å². The molecule has 0 spiro atoms. The van der Waals surface area contributed by atoms with Gasteiger partial charge in [0.1, 0.15) is 12.2 Å². The maximum Gasteiger partial charge on any atom is 0.234 e. The fourth-order valence-corrected chi connectivity index (χ4v) is 2.36. The van der Waals surface area contributed by atoms with Gasteiger partial charge in [-0.25, -0.2) is 0 Å². The lowest BCUT2D eigenvalue weighted by molar-refractivity contribution is -0.122. The summed E-state index contributed by atoms with van der Waals surface area (Å²) in [5.41, 5.74) is -0.425. The van der Waals surface area contributed by atoms with Crippen LogP contribution in [0.1, 0.15) is 37.4 Å². The Kier molecular flexibility index (Phi) is 4.08. The number of methoxy groups -OCH3 is 2. The summed E-state index contributed by atoms with van der Waals surface area (Å²) in [5, 5.41) is 3.95. The van der Waals surface area contributed by atoms with Gasteiger partial charge in [0.25, 0.3) is 0 Å². The van der Waals surface area contributed by atoms with Crippen LogP contribution in [-0.4, -0.2) is 36.8 Å². The van der Waals surface area contributed by atoms with E-state index in [-0.39, 0.29) is 18.8 Å². The predicted octanol–water partition coefficient (Wildman–Crippen LogP) is 1.24. The highest BCUT2D eigenvalue weighted by molar-refractivity contribution is 5.81. The van der Waals surface area contributed by atoms with E-state index in [1.807, 2.05) is 0 Å². The summed E-state index contributed by atoms with van der Waals surface area (Å²) >= 11 is 0. The summed E-state index contributed by atoms with van der Waals surface area (Å²) in [6, 6.07) is 0. The van der Waals surface area contributed by atoms with E-state index < -0.39 is 5.60 Å². The summed E-state index contributed by atoms with van der Waals surface area (Å²) in [6.45, 7) is 0.0626. The number of Topliss-reactive ketones (excluding diaryl/α,β-unsaturated/α-hetero) is 1. The molecule has 1 saturated carbocycles. The molecule has 0 radical (unpaired) electrons. The molecule has 18 heavy (non-hydrogen) atoms. The Morgan fingerprint density at radius 1 is 1.39 bits per heavy atom. The zero-order valence-electron chi connectivity index (χ0n) is 10.8. The van der Waals surface area contributed by atoms with Crippen molar-refractivity contribution in [3.05, 3.63) is 11.7 Å². The summed E-state index contributed by atoms with van der Waals surface area (Å²) in [5.74, 6) is 0.809. The molecule has 6 heteroatoms. The zero-order valence-corrected chi connectivity index (χ0v) is 10.8. The van der Waals surface area contributed by atoms with Gasteiger partial charge in [-0.15, -0.1) is 0 Å². The van der Waals surface area contributed by atoms with Crippen molar-refractivity contribution in [2.24, 2.45) is 0 Å². The van der Waals surface area contributed by atoms with Crippen LogP contribution in [0.2, 0.25) is 0 Å². The molecule has 1 aliphatic rings. The minimum atomic E-state index is -0.425. The average Bonchev–Trinajstić information content (AvgIpc) is 2.98.